The number of aliphatic imine (C=N–C) groups is 2. The molecule has 0 saturated carbocycles. The van der Waals surface area contributed by atoms with Crippen molar-refractivity contribution in [3.05, 3.63) is 131 Å². The predicted octanol–water partition coefficient (Wildman–Crippen LogP) is 6.12. The van der Waals surface area contributed by atoms with Crippen molar-refractivity contribution in [3.8, 4) is 0 Å². The third-order valence-electron chi connectivity index (χ3n) is 10.5. The lowest BCUT2D eigenvalue weighted by atomic mass is 9.55. The molecule has 0 unspecified atom stereocenters. The quantitative estimate of drug-likeness (QED) is 0.166. The Morgan fingerprint density at radius 1 is 0.577 bits per heavy atom. The highest BCUT2D eigenvalue weighted by atomic mass is 16.6. The van der Waals surface area contributed by atoms with E-state index in [4.69, 9.17) is 28.9 Å². The molecular weight excluding hydrogens is 664 g/mol. The summed E-state index contributed by atoms with van der Waals surface area (Å²) in [7, 11) is 2.52. The summed E-state index contributed by atoms with van der Waals surface area (Å²) < 4.78 is 22.3. The maximum absolute atomic E-state index is 14.3. The molecule has 0 bridgehead atoms. The number of benzene rings is 4. The van der Waals surface area contributed by atoms with Gasteiger partial charge in [0.2, 0.25) is 0 Å². The molecule has 0 radical (unpaired) electrons. The number of carbonyl (C=O) groups is 4. The van der Waals surface area contributed by atoms with Crippen molar-refractivity contribution < 1.29 is 38.1 Å². The largest absolute Gasteiger partial charge is 0.467 e. The van der Waals surface area contributed by atoms with Gasteiger partial charge >= 0.3 is 24.1 Å². The zero-order valence-corrected chi connectivity index (χ0v) is 28.4. The summed E-state index contributed by atoms with van der Waals surface area (Å²) in [5, 5.41) is 0. The van der Waals surface area contributed by atoms with Gasteiger partial charge in [-0.1, -0.05) is 97.1 Å². The third-order valence-corrected chi connectivity index (χ3v) is 10.5. The van der Waals surface area contributed by atoms with Crippen molar-refractivity contribution in [1.29, 1.82) is 0 Å². The first-order valence-corrected chi connectivity index (χ1v) is 16.9. The Hall–Kier alpha value is -6.30. The van der Waals surface area contributed by atoms with E-state index in [9.17, 15) is 19.2 Å². The summed E-state index contributed by atoms with van der Waals surface area (Å²) in [4.78, 5) is 68.6. The number of amidine groups is 2. The predicted molar refractivity (Wildman–Crippen MR) is 188 cm³/mol. The average molecular weight is 699 g/mol. The summed E-state index contributed by atoms with van der Waals surface area (Å²) in [6.45, 7) is -0.104. The van der Waals surface area contributed by atoms with Gasteiger partial charge in [-0.25, -0.2) is 39.0 Å². The molecule has 4 aromatic carbocycles. The normalized spacial score (nSPS) is 23.4. The molecule has 4 aromatic rings. The molecule has 12 heteroatoms. The number of esters is 2. The molecule has 8 rings (SSSR count). The van der Waals surface area contributed by atoms with Crippen LogP contribution in [0.25, 0.3) is 0 Å². The first kappa shape index (κ1) is 32.9. The zero-order chi connectivity index (χ0) is 36.0. The third kappa shape index (κ3) is 4.81. The van der Waals surface area contributed by atoms with Gasteiger partial charge < -0.3 is 18.9 Å². The van der Waals surface area contributed by atoms with Crippen molar-refractivity contribution in [2.45, 2.75) is 49.0 Å². The summed E-state index contributed by atoms with van der Waals surface area (Å²) in [6.07, 6.45) is -1.61. The van der Waals surface area contributed by atoms with E-state index in [2.05, 4.69) is 0 Å². The lowest BCUT2D eigenvalue weighted by molar-refractivity contribution is -0.146. The molecule has 52 heavy (non-hydrogen) atoms. The van der Waals surface area contributed by atoms with E-state index in [1.165, 1.54) is 24.0 Å². The first-order chi connectivity index (χ1) is 25.3. The molecule has 2 fully saturated rings. The van der Waals surface area contributed by atoms with Gasteiger partial charge in [-0.15, -0.1) is 0 Å². The van der Waals surface area contributed by atoms with Crippen LogP contribution in [0.1, 0.15) is 35.1 Å². The minimum atomic E-state index is -1.32. The topological polar surface area (TPSA) is 136 Å². The van der Waals surface area contributed by atoms with Crippen LogP contribution in [0.15, 0.2) is 119 Å². The number of hydrogen-bond acceptors (Lipinski definition) is 10. The number of ether oxygens (including phenoxy) is 4. The molecule has 12 nitrogen and oxygen atoms in total. The van der Waals surface area contributed by atoms with Crippen molar-refractivity contribution in [2.75, 3.05) is 14.2 Å². The Balaban J connectivity index is 1.30. The molecule has 262 valence electrons. The highest BCUT2D eigenvalue weighted by Crippen LogP contribution is 2.66. The standard InChI is InChI=1S/C40H34N4O8/c1-49-33(45)31-21-39(27-17-9-11-19-29(27)41-35(39)43(31)37(47)51-23-25-13-5-3-6-14-25)40-22-32(34(46)50-2)44(36(40)42-30-20-12-10-18-28(30)40)38(48)52-24-26-15-7-4-8-16-26/h3-20,31-32H,21-24H2,1-2H3/t31-,32-,39-,40-/m0/s1. The van der Waals surface area contributed by atoms with Gasteiger partial charge in [-0.05, 0) is 47.2 Å². The van der Waals surface area contributed by atoms with E-state index in [0.29, 0.717) is 22.5 Å². The van der Waals surface area contributed by atoms with Crippen molar-refractivity contribution in [3.63, 3.8) is 0 Å². The Labute approximate surface area is 299 Å². The molecule has 0 aromatic heterocycles. The Bertz CT molecular complexity index is 2000. The molecule has 4 heterocycles. The zero-order valence-electron chi connectivity index (χ0n) is 28.4. The number of para-hydroxylation sites is 2. The minimum Gasteiger partial charge on any atom is -0.467 e. The van der Waals surface area contributed by atoms with Crippen LogP contribution < -0.4 is 0 Å². The molecule has 4 aliphatic rings. The number of nitrogens with zero attached hydrogens (tertiary/aromatic N) is 4. The van der Waals surface area contributed by atoms with Crippen molar-refractivity contribution in [1.82, 2.24) is 9.80 Å². The molecule has 0 spiro atoms. The maximum atomic E-state index is 14.3. The van der Waals surface area contributed by atoms with Crippen LogP contribution in [0.4, 0.5) is 21.0 Å². The average Bonchev–Trinajstić information content (AvgIpc) is 3.90. The van der Waals surface area contributed by atoms with E-state index in [1.807, 2.05) is 109 Å². The van der Waals surface area contributed by atoms with Gasteiger partial charge in [0.25, 0.3) is 0 Å². The molecule has 4 atom stereocenters. The fraction of sp³-hybridized carbons (Fsp3) is 0.250. The van der Waals surface area contributed by atoms with Crippen molar-refractivity contribution in [2.24, 2.45) is 9.98 Å². The molecular formula is C40H34N4O8. The van der Waals surface area contributed by atoms with Gasteiger partial charge in [0, 0.05) is 0 Å². The number of amides is 2. The Kier molecular flexibility index (Phi) is 8.09. The Morgan fingerprint density at radius 2 is 0.942 bits per heavy atom. The number of likely N-dealkylation sites (tertiary alicyclic amines) is 2. The molecule has 0 N–H and O–H groups in total. The number of methoxy groups -OCH3 is 2. The van der Waals surface area contributed by atoms with Crippen LogP contribution in [0.2, 0.25) is 0 Å². The number of rotatable bonds is 7. The fourth-order valence-electron chi connectivity index (χ4n) is 8.35. The smallest absolute Gasteiger partial charge is 0.416 e. The molecule has 4 aliphatic heterocycles. The van der Waals surface area contributed by atoms with Crippen LogP contribution in [0.3, 0.4) is 0 Å². The van der Waals surface area contributed by atoms with Crippen LogP contribution in [0, 0.1) is 0 Å². The van der Waals surface area contributed by atoms with Crippen LogP contribution in [-0.2, 0) is 52.6 Å². The van der Waals surface area contributed by atoms with Crippen LogP contribution in [0.5, 0.6) is 0 Å². The van der Waals surface area contributed by atoms with E-state index in [0.717, 1.165) is 11.1 Å². The second-order valence-electron chi connectivity index (χ2n) is 13.0. The van der Waals surface area contributed by atoms with Gasteiger partial charge in [0.15, 0.2) is 0 Å². The first-order valence-electron chi connectivity index (χ1n) is 16.9. The highest BCUT2D eigenvalue weighted by molar-refractivity contribution is 6.21. The summed E-state index contributed by atoms with van der Waals surface area (Å²) in [6, 6.07) is 30.9. The number of carbonyl (C=O) groups excluding carboxylic acids is 4. The second kappa shape index (κ2) is 12.8. The lowest BCUT2D eigenvalue weighted by Gasteiger charge is -2.43. The van der Waals surface area contributed by atoms with Crippen LogP contribution >= 0.6 is 0 Å². The maximum Gasteiger partial charge on any atom is 0.416 e. The van der Waals surface area contributed by atoms with E-state index >= 15 is 0 Å². The molecule has 2 amide bonds. The number of fused-ring (bicyclic) bond motifs is 7. The number of hydrogen-bond donors (Lipinski definition) is 0. The van der Waals surface area contributed by atoms with Crippen molar-refractivity contribution >= 4 is 47.2 Å². The fourth-order valence-corrected chi connectivity index (χ4v) is 8.35. The van der Waals surface area contributed by atoms with E-state index < -0.39 is 47.0 Å². The highest BCUT2D eigenvalue weighted by Gasteiger charge is 2.75. The summed E-state index contributed by atoms with van der Waals surface area (Å²) >= 11 is 0. The monoisotopic (exact) mass is 698 g/mol. The van der Waals surface area contributed by atoms with Gasteiger partial charge in [-0.3, -0.25) is 0 Å². The van der Waals surface area contributed by atoms with Gasteiger partial charge in [0.1, 0.15) is 37.0 Å². The minimum absolute atomic E-state index is 0.00981. The summed E-state index contributed by atoms with van der Waals surface area (Å²) in [5.41, 5.74) is 1.41. The lowest BCUT2D eigenvalue weighted by Crippen LogP contribution is -2.56. The van der Waals surface area contributed by atoms with Gasteiger partial charge in [0.05, 0.1) is 36.4 Å². The molecule has 2 saturated heterocycles. The summed E-state index contributed by atoms with van der Waals surface area (Å²) in [5.74, 6) is -0.883. The van der Waals surface area contributed by atoms with Gasteiger partial charge in [-0.2, -0.15) is 0 Å². The Morgan fingerprint density at radius 3 is 1.33 bits per heavy atom. The van der Waals surface area contributed by atoms with Crippen LogP contribution in [-0.4, -0.2) is 71.9 Å². The SMILES string of the molecule is COC(=O)[C@@H]1C[C@@]2([C@]34C[C@@H](C(=O)OC)N(C(=O)OCc5ccccc5)C3=Nc3ccccc34)C(=Nc3ccccc32)N1C(=O)OCc1ccccc1. The second-order valence-corrected chi connectivity index (χ2v) is 13.0. The van der Waals surface area contributed by atoms with E-state index in [1.54, 1.807) is 0 Å². The van der Waals surface area contributed by atoms with E-state index in [-0.39, 0.29) is 37.7 Å². The molecule has 0 aliphatic carbocycles.